The third kappa shape index (κ3) is 3.29. The summed E-state index contributed by atoms with van der Waals surface area (Å²) in [5.74, 6) is 2.72. The van der Waals surface area contributed by atoms with E-state index in [0.717, 1.165) is 36.9 Å². The van der Waals surface area contributed by atoms with Crippen LogP contribution >= 0.6 is 0 Å². The van der Waals surface area contributed by atoms with Crippen molar-refractivity contribution in [2.24, 2.45) is 20.0 Å². The van der Waals surface area contributed by atoms with E-state index in [0.29, 0.717) is 22.9 Å². The molecule has 162 valence electrons. The highest BCUT2D eigenvalue weighted by Gasteiger charge is 2.29. The maximum Gasteiger partial charge on any atom is 0.265 e. The van der Waals surface area contributed by atoms with E-state index in [-0.39, 0.29) is 11.0 Å². The zero-order chi connectivity index (χ0) is 21.9. The minimum atomic E-state index is -0.135. The van der Waals surface area contributed by atoms with E-state index in [1.807, 2.05) is 16.6 Å². The summed E-state index contributed by atoms with van der Waals surface area (Å²) < 4.78 is 4.98. The number of hydrogen-bond acceptors (Lipinski definition) is 8. The van der Waals surface area contributed by atoms with Gasteiger partial charge in [-0.2, -0.15) is 14.6 Å². The van der Waals surface area contributed by atoms with Crippen molar-refractivity contribution in [3.05, 3.63) is 34.5 Å². The Hall–Kier alpha value is -3.50. The van der Waals surface area contributed by atoms with Gasteiger partial charge < -0.3 is 10.2 Å². The van der Waals surface area contributed by atoms with Gasteiger partial charge >= 0.3 is 0 Å². The summed E-state index contributed by atoms with van der Waals surface area (Å²) in [6, 6.07) is 3.94. The third-order valence-corrected chi connectivity index (χ3v) is 5.62. The van der Waals surface area contributed by atoms with E-state index in [9.17, 15) is 4.79 Å². The van der Waals surface area contributed by atoms with Crippen molar-refractivity contribution in [3.63, 3.8) is 0 Å². The van der Waals surface area contributed by atoms with Crippen molar-refractivity contribution in [2.45, 2.75) is 26.2 Å². The fraction of sp³-hybridized carbons (Fsp3) is 0.500. The Morgan fingerprint density at radius 3 is 2.65 bits per heavy atom. The van der Waals surface area contributed by atoms with Crippen molar-refractivity contribution < 1.29 is 0 Å². The predicted octanol–water partition coefficient (Wildman–Crippen LogP) is 0.950. The molecule has 5 heterocycles. The van der Waals surface area contributed by atoms with Crippen molar-refractivity contribution in [1.82, 2.24) is 39.1 Å². The van der Waals surface area contributed by atoms with E-state index >= 15 is 0 Å². The van der Waals surface area contributed by atoms with Gasteiger partial charge in [0.2, 0.25) is 5.95 Å². The summed E-state index contributed by atoms with van der Waals surface area (Å²) in [7, 11) is 3.51. The molecular weight excluding hydrogens is 396 g/mol. The summed E-state index contributed by atoms with van der Waals surface area (Å²) in [5.41, 5.74) is 0.982. The standard InChI is InChI=1S/C20H26N10O/c1-20(2,3)18-24-23-14-6-7-15(25-30(14)18)29-9-12(10-29)8-21-19-22-16-13(11-27(4)26-16)17(31)28(19)5/h6-7,11-12H,8-10H2,1-5H3,(H,21,22,26). The average Bonchev–Trinajstić information content (AvgIpc) is 3.26. The van der Waals surface area contributed by atoms with Crippen LogP contribution in [0.1, 0.15) is 26.6 Å². The Labute approximate surface area is 178 Å². The first-order valence-corrected chi connectivity index (χ1v) is 10.3. The van der Waals surface area contributed by atoms with E-state index in [2.05, 4.69) is 51.3 Å². The highest BCUT2D eigenvalue weighted by atomic mass is 16.1. The molecular formula is C20H26N10O. The number of hydrogen-bond donors (Lipinski definition) is 1. The molecule has 11 heteroatoms. The van der Waals surface area contributed by atoms with Crippen LogP contribution in [0.2, 0.25) is 0 Å². The molecule has 0 unspecified atom stereocenters. The second-order valence-electron chi connectivity index (χ2n) is 9.23. The van der Waals surface area contributed by atoms with Gasteiger partial charge in [0.05, 0.1) is 0 Å². The van der Waals surface area contributed by atoms with Gasteiger partial charge in [-0.1, -0.05) is 20.8 Å². The van der Waals surface area contributed by atoms with Gasteiger partial charge in [0.15, 0.2) is 17.1 Å². The van der Waals surface area contributed by atoms with Crippen molar-refractivity contribution in [3.8, 4) is 0 Å². The molecule has 0 spiro atoms. The van der Waals surface area contributed by atoms with Gasteiger partial charge in [-0.3, -0.25) is 14.0 Å². The van der Waals surface area contributed by atoms with Crippen LogP contribution in [0.15, 0.2) is 23.1 Å². The number of rotatable bonds is 4. The minimum Gasteiger partial charge on any atom is -0.355 e. The number of aryl methyl sites for hydroxylation is 1. The molecule has 1 fully saturated rings. The van der Waals surface area contributed by atoms with Crippen molar-refractivity contribution >= 4 is 28.4 Å². The molecule has 0 atom stereocenters. The molecule has 1 saturated heterocycles. The first-order chi connectivity index (χ1) is 14.7. The Bertz CT molecular complexity index is 1340. The Balaban J connectivity index is 1.27. The van der Waals surface area contributed by atoms with E-state index in [4.69, 9.17) is 5.10 Å². The predicted molar refractivity (Wildman–Crippen MR) is 117 cm³/mol. The molecule has 31 heavy (non-hydrogen) atoms. The highest BCUT2D eigenvalue weighted by molar-refractivity contribution is 5.74. The van der Waals surface area contributed by atoms with Crippen LogP contribution < -0.4 is 15.8 Å². The lowest BCUT2D eigenvalue weighted by Crippen LogP contribution is -2.50. The lowest BCUT2D eigenvalue weighted by molar-refractivity contribution is 0.422. The molecule has 0 aromatic carbocycles. The van der Waals surface area contributed by atoms with Gasteiger partial charge in [-0.15, -0.1) is 15.3 Å². The fourth-order valence-electron chi connectivity index (χ4n) is 3.86. The van der Waals surface area contributed by atoms with Crippen LogP contribution in [-0.2, 0) is 19.5 Å². The van der Waals surface area contributed by atoms with Crippen molar-refractivity contribution in [1.29, 1.82) is 0 Å². The number of anilines is 2. The quantitative estimate of drug-likeness (QED) is 0.518. The summed E-state index contributed by atoms with van der Waals surface area (Å²) in [5, 5.41) is 21.4. The maximum atomic E-state index is 12.5. The molecule has 5 rings (SSSR count). The Kier molecular flexibility index (Phi) is 4.24. The topological polar surface area (TPSA) is 111 Å². The molecule has 4 aromatic rings. The zero-order valence-corrected chi connectivity index (χ0v) is 18.4. The summed E-state index contributed by atoms with van der Waals surface area (Å²) in [4.78, 5) is 19.2. The van der Waals surface area contributed by atoms with Gasteiger partial charge in [0, 0.05) is 51.3 Å². The summed E-state index contributed by atoms with van der Waals surface area (Å²) in [6.45, 7) is 8.78. The Morgan fingerprint density at radius 1 is 1.13 bits per heavy atom. The molecule has 0 amide bonds. The molecule has 0 saturated carbocycles. The molecule has 1 N–H and O–H groups in total. The summed E-state index contributed by atoms with van der Waals surface area (Å²) in [6.07, 6.45) is 1.70. The number of aromatic nitrogens is 8. The Morgan fingerprint density at radius 2 is 1.90 bits per heavy atom. The van der Waals surface area contributed by atoms with Crippen LogP contribution in [0.25, 0.3) is 16.7 Å². The van der Waals surface area contributed by atoms with Crippen LogP contribution in [0.4, 0.5) is 11.8 Å². The smallest absolute Gasteiger partial charge is 0.265 e. The molecule has 0 bridgehead atoms. The monoisotopic (exact) mass is 422 g/mol. The van der Waals surface area contributed by atoms with E-state index < -0.39 is 0 Å². The number of nitrogens with one attached hydrogen (secondary N) is 1. The van der Waals surface area contributed by atoms with E-state index in [1.54, 1.807) is 25.0 Å². The molecule has 0 aliphatic carbocycles. The van der Waals surface area contributed by atoms with Gasteiger partial charge in [0.25, 0.3) is 5.56 Å². The number of nitrogens with zero attached hydrogens (tertiary/aromatic N) is 9. The van der Waals surface area contributed by atoms with Gasteiger partial charge in [0.1, 0.15) is 11.2 Å². The van der Waals surface area contributed by atoms with Crippen LogP contribution in [0, 0.1) is 5.92 Å². The molecule has 1 aliphatic heterocycles. The van der Waals surface area contributed by atoms with Gasteiger partial charge in [-0.05, 0) is 12.1 Å². The zero-order valence-electron chi connectivity index (χ0n) is 18.4. The maximum absolute atomic E-state index is 12.5. The largest absolute Gasteiger partial charge is 0.355 e. The van der Waals surface area contributed by atoms with Crippen LogP contribution in [0.3, 0.4) is 0 Å². The lowest BCUT2D eigenvalue weighted by Gasteiger charge is -2.40. The highest BCUT2D eigenvalue weighted by Crippen LogP contribution is 2.25. The normalized spacial score (nSPS) is 15.1. The first kappa shape index (κ1) is 19.5. The van der Waals surface area contributed by atoms with Crippen LogP contribution in [-0.4, -0.2) is 58.8 Å². The van der Waals surface area contributed by atoms with Gasteiger partial charge in [-0.25, -0.2) is 0 Å². The second kappa shape index (κ2) is 6.76. The van der Waals surface area contributed by atoms with Crippen LogP contribution in [0.5, 0.6) is 0 Å². The average molecular weight is 422 g/mol. The number of fused-ring (bicyclic) bond motifs is 2. The second-order valence-corrected chi connectivity index (χ2v) is 9.23. The fourth-order valence-corrected chi connectivity index (χ4v) is 3.86. The SMILES string of the molecule is Cn1cc2c(=O)n(C)c(NCC3CN(c4ccc5nnc(C(C)(C)C)n5n4)C3)nc2n1. The third-order valence-electron chi connectivity index (χ3n) is 5.62. The molecule has 0 radical (unpaired) electrons. The lowest BCUT2D eigenvalue weighted by atomic mass is 9.96. The molecule has 4 aromatic heterocycles. The van der Waals surface area contributed by atoms with E-state index in [1.165, 1.54) is 4.57 Å². The molecule has 1 aliphatic rings. The summed E-state index contributed by atoms with van der Waals surface area (Å²) >= 11 is 0. The van der Waals surface area contributed by atoms with Crippen molar-refractivity contribution in [2.75, 3.05) is 29.9 Å². The first-order valence-electron chi connectivity index (χ1n) is 10.3. The minimum absolute atomic E-state index is 0.100. The molecule has 11 nitrogen and oxygen atoms in total.